The minimum atomic E-state index is -0.329. The van der Waals surface area contributed by atoms with Gasteiger partial charge in [0.05, 0.1) is 17.8 Å². The summed E-state index contributed by atoms with van der Waals surface area (Å²) in [5.74, 6) is 0.471. The molecule has 3 heterocycles. The van der Waals surface area contributed by atoms with Gasteiger partial charge in [0.2, 0.25) is 0 Å². The second-order valence-corrected chi connectivity index (χ2v) is 6.51. The van der Waals surface area contributed by atoms with Crippen molar-refractivity contribution in [1.82, 2.24) is 19.5 Å². The van der Waals surface area contributed by atoms with E-state index in [1.54, 1.807) is 6.07 Å². The van der Waals surface area contributed by atoms with Gasteiger partial charge in [-0.1, -0.05) is 0 Å². The molecule has 1 aromatic carbocycles. The molecule has 5 nitrogen and oxygen atoms in total. The third-order valence-electron chi connectivity index (χ3n) is 4.51. The number of nitrogens with zero attached hydrogens (tertiary/aromatic N) is 3. The van der Waals surface area contributed by atoms with Crippen molar-refractivity contribution in [2.45, 2.75) is 33.4 Å². The summed E-state index contributed by atoms with van der Waals surface area (Å²) in [6, 6.07) is 7.35. The second kappa shape index (κ2) is 5.67. The zero-order valence-corrected chi connectivity index (χ0v) is 14.3. The molecule has 128 valence electrons. The predicted octanol–water partition coefficient (Wildman–Crippen LogP) is 4.10. The summed E-state index contributed by atoms with van der Waals surface area (Å²) < 4.78 is 16.7. The summed E-state index contributed by atoms with van der Waals surface area (Å²) in [6.45, 7) is 5.90. The number of pyridine rings is 1. The Labute approximate surface area is 144 Å². The van der Waals surface area contributed by atoms with Crippen molar-refractivity contribution in [2.24, 2.45) is 0 Å². The van der Waals surface area contributed by atoms with E-state index in [0.717, 1.165) is 27.9 Å². The summed E-state index contributed by atoms with van der Waals surface area (Å²) in [7, 11) is 0. The molecule has 0 amide bonds. The maximum atomic E-state index is 14.7. The Hall–Kier alpha value is -2.73. The normalized spacial score (nSPS) is 11.9. The number of hydrogen-bond acceptors (Lipinski definition) is 3. The number of rotatable bonds is 3. The Morgan fingerprint density at radius 3 is 2.76 bits per heavy atom. The largest absolute Gasteiger partial charge is 0.390 e. The summed E-state index contributed by atoms with van der Waals surface area (Å²) in [4.78, 5) is 11.8. The van der Waals surface area contributed by atoms with Crippen molar-refractivity contribution in [3.63, 3.8) is 0 Å². The zero-order valence-electron chi connectivity index (χ0n) is 14.3. The van der Waals surface area contributed by atoms with Crippen LogP contribution >= 0.6 is 0 Å². The van der Waals surface area contributed by atoms with E-state index in [4.69, 9.17) is 0 Å². The van der Waals surface area contributed by atoms with Crippen molar-refractivity contribution < 1.29 is 9.50 Å². The first kappa shape index (κ1) is 15.8. The highest BCUT2D eigenvalue weighted by Gasteiger charge is 2.17. The average Bonchev–Trinajstić information content (AvgIpc) is 3.14. The first-order valence-corrected chi connectivity index (χ1v) is 8.26. The molecule has 0 bridgehead atoms. The fraction of sp³-hybridized carbons (Fsp3) is 0.263. The Kier molecular flexibility index (Phi) is 3.58. The molecule has 0 aliphatic heterocycles. The molecule has 3 aromatic heterocycles. The van der Waals surface area contributed by atoms with Gasteiger partial charge >= 0.3 is 0 Å². The van der Waals surface area contributed by atoms with Crippen LogP contribution in [0.25, 0.3) is 33.2 Å². The van der Waals surface area contributed by atoms with Crippen LogP contribution in [0.5, 0.6) is 0 Å². The van der Waals surface area contributed by atoms with Crippen LogP contribution in [0.2, 0.25) is 0 Å². The van der Waals surface area contributed by atoms with Crippen LogP contribution < -0.4 is 0 Å². The number of benzene rings is 1. The van der Waals surface area contributed by atoms with Gasteiger partial charge in [-0.2, -0.15) is 0 Å². The Balaban J connectivity index is 1.97. The smallest absolute Gasteiger partial charge is 0.151 e. The first-order chi connectivity index (χ1) is 12.0. The molecule has 0 atom stereocenters. The maximum absolute atomic E-state index is 14.7. The van der Waals surface area contributed by atoms with Crippen molar-refractivity contribution in [1.29, 1.82) is 0 Å². The summed E-state index contributed by atoms with van der Waals surface area (Å²) in [5, 5.41) is 10.1. The highest BCUT2D eigenvalue weighted by Crippen LogP contribution is 2.33. The number of aryl methyl sites for hydroxylation is 1. The number of aliphatic hydroxyl groups is 1. The van der Waals surface area contributed by atoms with Crippen molar-refractivity contribution in [2.75, 3.05) is 0 Å². The minimum Gasteiger partial charge on any atom is -0.390 e. The number of aromatic nitrogens is 4. The van der Waals surface area contributed by atoms with Crippen molar-refractivity contribution in [3.8, 4) is 11.1 Å². The van der Waals surface area contributed by atoms with E-state index < -0.39 is 0 Å². The topological polar surface area (TPSA) is 66.7 Å². The molecule has 0 fully saturated rings. The molecule has 25 heavy (non-hydrogen) atoms. The standard InChI is InChI=1S/C19H19FN4O/c1-10(2)24-11(3)22-18-16(20)6-12(7-17(18)24)15-8-21-19-14(15)5-4-13(9-25)23-19/h4-8,10,25H,9H2,1-3H3,(H,21,23). The number of hydrogen-bond donors (Lipinski definition) is 2. The van der Waals surface area contributed by atoms with Crippen LogP contribution in [0.15, 0.2) is 30.5 Å². The van der Waals surface area contributed by atoms with Gasteiger partial charge in [-0.15, -0.1) is 0 Å². The third-order valence-corrected chi connectivity index (χ3v) is 4.51. The lowest BCUT2D eigenvalue weighted by atomic mass is 10.0. The van der Waals surface area contributed by atoms with E-state index in [2.05, 4.69) is 28.8 Å². The van der Waals surface area contributed by atoms with Crippen LogP contribution in [0.1, 0.15) is 31.4 Å². The van der Waals surface area contributed by atoms with Gasteiger partial charge in [-0.05, 0) is 50.6 Å². The van der Waals surface area contributed by atoms with E-state index in [9.17, 15) is 9.50 Å². The molecule has 0 spiro atoms. The molecule has 0 radical (unpaired) electrons. The highest BCUT2D eigenvalue weighted by molar-refractivity contribution is 5.96. The molecule has 2 N–H and O–H groups in total. The fourth-order valence-corrected chi connectivity index (χ4v) is 3.45. The molecular weight excluding hydrogens is 319 g/mol. The van der Waals surface area contributed by atoms with E-state index in [0.29, 0.717) is 16.9 Å². The lowest BCUT2D eigenvalue weighted by Gasteiger charge is -2.11. The molecule has 0 saturated carbocycles. The van der Waals surface area contributed by atoms with Crippen molar-refractivity contribution in [3.05, 3.63) is 47.8 Å². The minimum absolute atomic E-state index is 0.113. The number of H-pyrrole nitrogens is 1. The number of nitrogens with one attached hydrogen (secondary N) is 1. The van der Waals surface area contributed by atoms with Gasteiger partial charge in [-0.25, -0.2) is 14.4 Å². The molecule has 6 heteroatoms. The summed E-state index contributed by atoms with van der Waals surface area (Å²) >= 11 is 0. The quantitative estimate of drug-likeness (QED) is 0.591. The maximum Gasteiger partial charge on any atom is 0.151 e. The molecular formula is C19H19FN4O. The number of fused-ring (bicyclic) bond motifs is 2. The van der Waals surface area contributed by atoms with Crippen LogP contribution in [0.4, 0.5) is 4.39 Å². The lowest BCUT2D eigenvalue weighted by molar-refractivity contribution is 0.277. The monoisotopic (exact) mass is 338 g/mol. The van der Waals surface area contributed by atoms with Gasteiger partial charge in [0, 0.05) is 23.2 Å². The van der Waals surface area contributed by atoms with Crippen LogP contribution in [-0.4, -0.2) is 24.6 Å². The fourth-order valence-electron chi connectivity index (χ4n) is 3.45. The van der Waals surface area contributed by atoms with E-state index in [1.165, 1.54) is 6.07 Å². The van der Waals surface area contributed by atoms with Crippen LogP contribution in [0.3, 0.4) is 0 Å². The summed E-state index contributed by atoms with van der Waals surface area (Å²) in [6.07, 6.45) is 1.82. The Morgan fingerprint density at radius 2 is 2.04 bits per heavy atom. The van der Waals surface area contributed by atoms with E-state index in [1.807, 2.05) is 29.8 Å². The number of aliphatic hydroxyl groups excluding tert-OH is 1. The second-order valence-electron chi connectivity index (χ2n) is 6.51. The molecule has 4 aromatic rings. The lowest BCUT2D eigenvalue weighted by Crippen LogP contribution is -2.02. The van der Waals surface area contributed by atoms with Gasteiger partial charge in [0.25, 0.3) is 0 Å². The zero-order chi connectivity index (χ0) is 17.7. The third kappa shape index (κ3) is 2.41. The highest BCUT2D eigenvalue weighted by atomic mass is 19.1. The molecule has 0 aliphatic rings. The van der Waals surface area contributed by atoms with Gasteiger partial charge in [0.1, 0.15) is 17.0 Å². The van der Waals surface area contributed by atoms with Gasteiger partial charge in [0.15, 0.2) is 5.82 Å². The van der Waals surface area contributed by atoms with Gasteiger partial charge < -0.3 is 14.7 Å². The molecule has 0 aliphatic carbocycles. The van der Waals surface area contributed by atoms with E-state index >= 15 is 0 Å². The van der Waals surface area contributed by atoms with E-state index in [-0.39, 0.29) is 18.5 Å². The summed E-state index contributed by atoms with van der Waals surface area (Å²) in [5.41, 5.74) is 4.11. The molecule has 0 saturated heterocycles. The molecule has 0 unspecified atom stereocenters. The van der Waals surface area contributed by atoms with Crippen LogP contribution in [0, 0.1) is 12.7 Å². The first-order valence-electron chi connectivity index (χ1n) is 8.26. The average molecular weight is 338 g/mol. The Morgan fingerprint density at radius 1 is 1.24 bits per heavy atom. The number of imidazole rings is 1. The predicted molar refractivity (Wildman–Crippen MR) is 95.8 cm³/mol. The number of halogens is 1. The van der Waals surface area contributed by atoms with Gasteiger partial charge in [-0.3, -0.25) is 0 Å². The molecule has 4 rings (SSSR count). The number of aromatic amines is 1. The van der Waals surface area contributed by atoms with Crippen LogP contribution in [-0.2, 0) is 6.61 Å². The Bertz CT molecular complexity index is 1090. The van der Waals surface area contributed by atoms with Crippen molar-refractivity contribution >= 4 is 22.1 Å². The SMILES string of the molecule is Cc1nc2c(F)cc(-c3c[nH]c4nc(CO)ccc34)cc2n1C(C)C.